The van der Waals surface area contributed by atoms with Crippen LogP contribution in [-0.4, -0.2) is 30.8 Å². The van der Waals surface area contributed by atoms with Gasteiger partial charge >= 0.3 is 5.97 Å². The Morgan fingerprint density at radius 2 is 1.88 bits per heavy atom. The van der Waals surface area contributed by atoms with Crippen LogP contribution < -0.4 is 0 Å². The lowest BCUT2D eigenvalue weighted by Crippen LogP contribution is -1.99. The Balaban J connectivity index is 1.72. The number of hydrogen-bond acceptors (Lipinski definition) is 5. The van der Waals surface area contributed by atoms with Crippen LogP contribution in [0.15, 0.2) is 71.6 Å². The highest BCUT2D eigenvalue weighted by molar-refractivity contribution is 5.97. The van der Waals surface area contributed by atoms with Crippen molar-refractivity contribution in [2.75, 3.05) is 0 Å². The van der Waals surface area contributed by atoms with Crippen LogP contribution in [0.5, 0.6) is 0 Å². The normalized spacial score (nSPS) is 11.2. The van der Waals surface area contributed by atoms with E-state index in [-0.39, 0.29) is 5.69 Å². The van der Waals surface area contributed by atoms with Crippen LogP contribution in [0.4, 0.5) is 0 Å². The lowest BCUT2D eigenvalue weighted by atomic mass is 10.0. The van der Waals surface area contributed by atoms with E-state index < -0.39 is 5.97 Å². The van der Waals surface area contributed by atoms with E-state index in [1.807, 2.05) is 50.5 Å². The minimum absolute atomic E-state index is 0.00120. The van der Waals surface area contributed by atoms with Crippen LogP contribution in [0.25, 0.3) is 33.3 Å². The third-order valence-corrected chi connectivity index (χ3v) is 5.52. The summed E-state index contributed by atoms with van der Waals surface area (Å²) in [5.74, 6) is -0.333. The first-order chi connectivity index (χ1) is 15.5. The van der Waals surface area contributed by atoms with E-state index in [1.54, 1.807) is 6.07 Å². The molecule has 7 nitrogen and oxygen atoms in total. The molecule has 0 atom stereocenters. The Morgan fingerprint density at radius 1 is 1.06 bits per heavy atom. The maximum Gasteiger partial charge on any atom is 0.354 e. The molecule has 7 heteroatoms. The van der Waals surface area contributed by atoms with E-state index >= 15 is 0 Å². The largest absolute Gasteiger partial charge is 0.477 e. The molecule has 0 aliphatic rings. The average molecular weight is 424 g/mol. The fourth-order valence-corrected chi connectivity index (χ4v) is 4.05. The van der Waals surface area contributed by atoms with Gasteiger partial charge in [0.05, 0.1) is 5.69 Å². The molecule has 1 N–H and O–H groups in total. The van der Waals surface area contributed by atoms with Crippen molar-refractivity contribution in [3.63, 3.8) is 0 Å². The minimum atomic E-state index is -1.06. The number of fused-ring (bicyclic) bond motifs is 1. The van der Waals surface area contributed by atoms with E-state index in [0.717, 1.165) is 50.3 Å². The van der Waals surface area contributed by atoms with Gasteiger partial charge in [-0.15, -0.1) is 0 Å². The Bertz CT molecular complexity index is 1430. The van der Waals surface area contributed by atoms with E-state index in [4.69, 9.17) is 9.51 Å². The van der Waals surface area contributed by atoms with E-state index in [2.05, 4.69) is 32.9 Å². The van der Waals surface area contributed by atoms with Crippen LogP contribution in [0.2, 0.25) is 0 Å². The number of nitrogens with zero attached hydrogens (tertiary/aromatic N) is 4. The van der Waals surface area contributed by atoms with Crippen LogP contribution >= 0.6 is 0 Å². The molecule has 5 rings (SSSR count). The molecule has 32 heavy (non-hydrogen) atoms. The summed E-state index contributed by atoms with van der Waals surface area (Å²) in [6.45, 7) is 4.43. The highest BCUT2D eigenvalue weighted by Crippen LogP contribution is 2.35. The molecule has 0 saturated carbocycles. The summed E-state index contributed by atoms with van der Waals surface area (Å²) in [6.07, 6.45) is 5.36. The number of benzene rings is 1. The number of aryl methyl sites for hydroxylation is 2. The number of carbonyl (C=O) groups is 1. The molecule has 0 aliphatic carbocycles. The van der Waals surface area contributed by atoms with Gasteiger partial charge in [-0.25, -0.2) is 14.8 Å². The molecule has 0 bridgehead atoms. The number of carboxylic acid groups (broad SMARTS) is 1. The second-order valence-corrected chi connectivity index (χ2v) is 7.69. The number of pyridine rings is 2. The molecule has 5 aromatic rings. The van der Waals surface area contributed by atoms with Crippen molar-refractivity contribution in [3.8, 4) is 22.3 Å². The van der Waals surface area contributed by atoms with E-state index in [1.165, 1.54) is 6.20 Å². The first kappa shape index (κ1) is 19.7. The number of carboxylic acids is 1. The Kier molecular flexibility index (Phi) is 4.78. The first-order valence-corrected chi connectivity index (χ1v) is 10.2. The zero-order valence-corrected chi connectivity index (χ0v) is 17.6. The van der Waals surface area contributed by atoms with Crippen LogP contribution in [0, 0.1) is 13.8 Å². The summed E-state index contributed by atoms with van der Waals surface area (Å²) in [7, 11) is 0. The molecule has 0 saturated heterocycles. The zero-order chi connectivity index (χ0) is 22.2. The van der Waals surface area contributed by atoms with Crippen LogP contribution in [0.1, 0.15) is 27.5 Å². The Hall–Kier alpha value is -4.26. The molecule has 4 aromatic heterocycles. The average Bonchev–Trinajstić information content (AvgIpc) is 3.33. The highest BCUT2D eigenvalue weighted by Gasteiger charge is 2.18. The second kappa shape index (κ2) is 7.77. The summed E-state index contributed by atoms with van der Waals surface area (Å²) in [4.78, 5) is 20.2. The van der Waals surface area contributed by atoms with Crippen molar-refractivity contribution >= 4 is 17.0 Å². The van der Waals surface area contributed by atoms with Gasteiger partial charge in [0.15, 0.2) is 0 Å². The quantitative estimate of drug-likeness (QED) is 0.421. The maximum atomic E-state index is 11.5. The SMILES string of the molecule is Cc1noc(C)c1-c1cnc2c(c1)c(-c1ccnc(C(=O)O)c1)cn2Cc1ccccc1. The fourth-order valence-electron chi connectivity index (χ4n) is 4.05. The molecule has 4 heterocycles. The molecule has 0 fully saturated rings. The van der Waals surface area contributed by atoms with Gasteiger partial charge in [-0.1, -0.05) is 35.5 Å². The van der Waals surface area contributed by atoms with Crippen molar-refractivity contribution in [2.24, 2.45) is 0 Å². The van der Waals surface area contributed by atoms with Gasteiger partial charge in [-0.2, -0.15) is 0 Å². The lowest BCUT2D eigenvalue weighted by Gasteiger charge is -2.06. The molecule has 0 spiro atoms. The van der Waals surface area contributed by atoms with Crippen molar-refractivity contribution in [3.05, 3.63) is 89.8 Å². The number of hydrogen-bond donors (Lipinski definition) is 1. The van der Waals surface area contributed by atoms with Crippen molar-refractivity contribution < 1.29 is 14.4 Å². The number of aromatic carboxylic acids is 1. The molecule has 0 unspecified atom stereocenters. The van der Waals surface area contributed by atoms with Gasteiger partial charge < -0.3 is 14.2 Å². The molecular formula is C25H20N4O3. The summed E-state index contributed by atoms with van der Waals surface area (Å²) in [5, 5.41) is 14.4. The number of rotatable bonds is 5. The zero-order valence-electron chi connectivity index (χ0n) is 17.6. The first-order valence-electron chi connectivity index (χ1n) is 10.2. The predicted molar refractivity (Wildman–Crippen MR) is 120 cm³/mol. The minimum Gasteiger partial charge on any atom is -0.477 e. The monoisotopic (exact) mass is 424 g/mol. The van der Waals surface area contributed by atoms with Gasteiger partial charge in [-0.3, -0.25) is 0 Å². The Labute approximate surface area is 184 Å². The standard InChI is InChI=1S/C25H20N4O3/c1-15-23(16(2)32-28-15)19-10-20-21(18-8-9-26-22(11-18)25(30)31)14-29(24(20)27-12-19)13-17-6-4-3-5-7-17/h3-12,14H,13H2,1-2H3,(H,30,31). The highest BCUT2D eigenvalue weighted by atomic mass is 16.5. The fraction of sp³-hybridized carbons (Fsp3) is 0.120. The molecule has 0 aliphatic heterocycles. The second-order valence-electron chi connectivity index (χ2n) is 7.69. The lowest BCUT2D eigenvalue weighted by molar-refractivity contribution is 0.0690. The van der Waals surface area contributed by atoms with Crippen molar-refractivity contribution in [2.45, 2.75) is 20.4 Å². The smallest absolute Gasteiger partial charge is 0.354 e. The maximum absolute atomic E-state index is 11.5. The van der Waals surface area contributed by atoms with Gasteiger partial charge in [0.1, 0.15) is 17.1 Å². The predicted octanol–water partition coefficient (Wildman–Crippen LogP) is 5.12. The third kappa shape index (κ3) is 3.43. The molecule has 0 radical (unpaired) electrons. The van der Waals surface area contributed by atoms with Gasteiger partial charge in [0.2, 0.25) is 0 Å². The van der Waals surface area contributed by atoms with Gasteiger partial charge in [0, 0.05) is 47.2 Å². The third-order valence-electron chi connectivity index (χ3n) is 5.52. The molecule has 158 valence electrons. The van der Waals surface area contributed by atoms with Crippen LogP contribution in [0.3, 0.4) is 0 Å². The van der Waals surface area contributed by atoms with Gasteiger partial charge in [0.25, 0.3) is 0 Å². The van der Waals surface area contributed by atoms with Crippen molar-refractivity contribution in [1.82, 2.24) is 19.7 Å². The van der Waals surface area contributed by atoms with E-state index in [0.29, 0.717) is 6.54 Å². The topological polar surface area (TPSA) is 94.0 Å². The summed E-state index contributed by atoms with van der Waals surface area (Å²) in [5.41, 5.74) is 6.24. The summed E-state index contributed by atoms with van der Waals surface area (Å²) < 4.78 is 7.43. The van der Waals surface area contributed by atoms with Crippen LogP contribution in [-0.2, 0) is 6.54 Å². The molecule has 1 aromatic carbocycles. The Morgan fingerprint density at radius 3 is 2.59 bits per heavy atom. The van der Waals surface area contributed by atoms with Gasteiger partial charge in [-0.05, 0) is 43.2 Å². The summed E-state index contributed by atoms with van der Waals surface area (Å²) in [6, 6.07) is 15.6. The molecular weight excluding hydrogens is 404 g/mol. The summed E-state index contributed by atoms with van der Waals surface area (Å²) >= 11 is 0. The molecule has 0 amide bonds. The number of aromatic nitrogens is 4. The van der Waals surface area contributed by atoms with Crippen molar-refractivity contribution in [1.29, 1.82) is 0 Å². The van der Waals surface area contributed by atoms with E-state index in [9.17, 15) is 9.90 Å².